The Hall–Kier alpha value is -1.02. The molecule has 0 amide bonds. The summed E-state index contributed by atoms with van der Waals surface area (Å²) in [7, 11) is 0. The molecule has 1 aromatic carbocycles. The van der Waals surface area contributed by atoms with Crippen molar-refractivity contribution in [1.29, 1.82) is 0 Å². The molecular formula is C15H17ClO2. The average molecular weight is 265 g/mol. The van der Waals surface area contributed by atoms with Crippen LogP contribution in [0.2, 0.25) is 5.02 Å². The molecule has 0 aliphatic heterocycles. The van der Waals surface area contributed by atoms with Gasteiger partial charge < -0.3 is 5.11 Å². The van der Waals surface area contributed by atoms with Crippen molar-refractivity contribution in [1.82, 2.24) is 0 Å². The van der Waals surface area contributed by atoms with Gasteiger partial charge in [-0.25, -0.2) is 0 Å². The maximum atomic E-state index is 11.8. The molecule has 0 radical (unpaired) electrons. The van der Waals surface area contributed by atoms with Gasteiger partial charge in [0.15, 0.2) is 0 Å². The summed E-state index contributed by atoms with van der Waals surface area (Å²) >= 11 is 5.87. The number of carboxylic acid groups (broad SMARTS) is 1. The van der Waals surface area contributed by atoms with E-state index in [1.54, 1.807) is 0 Å². The van der Waals surface area contributed by atoms with E-state index < -0.39 is 11.4 Å². The van der Waals surface area contributed by atoms with Crippen molar-refractivity contribution in [2.75, 3.05) is 0 Å². The van der Waals surface area contributed by atoms with Gasteiger partial charge >= 0.3 is 5.97 Å². The summed E-state index contributed by atoms with van der Waals surface area (Å²) in [5.74, 6) is 0.402. The lowest BCUT2D eigenvalue weighted by Crippen LogP contribution is -2.38. The van der Waals surface area contributed by atoms with Crippen LogP contribution in [-0.2, 0) is 11.2 Å². The monoisotopic (exact) mass is 264 g/mol. The Morgan fingerprint density at radius 2 is 2.06 bits per heavy atom. The fraction of sp³-hybridized carbons (Fsp3) is 0.533. The SMILES string of the molecule is O=C(O)C1(Cc2ccc(Cl)cc2)CC2CCC1C2. The number of hydrogen-bond acceptors (Lipinski definition) is 1. The minimum atomic E-state index is -0.607. The molecule has 2 aliphatic carbocycles. The minimum absolute atomic E-state index is 0.371. The molecular weight excluding hydrogens is 248 g/mol. The third-order valence-corrected chi connectivity index (χ3v) is 5.09. The third-order valence-electron chi connectivity index (χ3n) is 4.83. The number of benzene rings is 1. The van der Waals surface area contributed by atoms with Gasteiger partial charge in [0.25, 0.3) is 0 Å². The summed E-state index contributed by atoms with van der Waals surface area (Å²) in [5, 5.41) is 10.4. The lowest BCUT2D eigenvalue weighted by Gasteiger charge is -2.33. The summed E-state index contributed by atoms with van der Waals surface area (Å²) in [5.41, 5.74) is 0.575. The molecule has 3 rings (SSSR count). The van der Waals surface area contributed by atoms with Crippen LogP contribution in [0.5, 0.6) is 0 Å². The number of aliphatic carboxylic acids is 1. The van der Waals surface area contributed by atoms with E-state index in [4.69, 9.17) is 11.6 Å². The molecule has 3 unspecified atom stereocenters. The van der Waals surface area contributed by atoms with Crippen LogP contribution in [0.15, 0.2) is 24.3 Å². The molecule has 2 bridgehead atoms. The van der Waals surface area contributed by atoms with Crippen LogP contribution in [0.3, 0.4) is 0 Å². The molecule has 3 atom stereocenters. The van der Waals surface area contributed by atoms with E-state index in [9.17, 15) is 9.90 Å². The van der Waals surface area contributed by atoms with Crippen LogP contribution >= 0.6 is 11.6 Å². The predicted molar refractivity (Wildman–Crippen MR) is 70.7 cm³/mol. The Kier molecular flexibility index (Phi) is 2.86. The van der Waals surface area contributed by atoms with E-state index in [0.29, 0.717) is 23.3 Å². The normalized spacial score (nSPS) is 33.8. The van der Waals surface area contributed by atoms with Crippen molar-refractivity contribution in [2.24, 2.45) is 17.3 Å². The Bertz CT molecular complexity index is 468. The lowest BCUT2D eigenvalue weighted by atomic mass is 9.69. The maximum Gasteiger partial charge on any atom is 0.310 e. The fourth-order valence-corrected chi connectivity index (χ4v) is 4.09. The molecule has 96 valence electrons. The highest BCUT2D eigenvalue weighted by atomic mass is 35.5. The molecule has 2 nitrogen and oxygen atoms in total. The Morgan fingerprint density at radius 1 is 1.33 bits per heavy atom. The van der Waals surface area contributed by atoms with E-state index in [1.807, 2.05) is 24.3 Å². The van der Waals surface area contributed by atoms with Crippen LogP contribution in [0.4, 0.5) is 0 Å². The summed E-state index contributed by atoms with van der Waals surface area (Å²) in [6.07, 6.45) is 4.93. The van der Waals surface area contributed by atoms with E-state index in [1.165, 1.54) is 6.42 Å². The predicted octanol–water partition coefficient (Wildman–Crippen LogP) is 3.77. The summed E-state index contributed by atoms with van der Waals surface area (Å²) < 4.78 is 0. The lowest BCUT2D eigenvalue weighted by molar-refractivity contribution is -0.152. The Morgan fingerprint density at radius 3 is 2.56 bits per heavy atom. The van der Waals surface area contributed by atoms with Crippen molar-refractivity contribution < 1.29 is 9.90 Å². The molecule has 3 heteroatoms. The molecule has 2 aliphatic rings. The molecule has 0 spiro atoms. The summed E-state index contributed by atoms with van der Waals surface area (Å²) in [6, 6.07) is 7.61. The number of carbonyl (C=O) groups is 1. The maximum absolute atomic E-state index is 11.8. The summed E-state index contributed by atoms with van der Waals surface area (Å²) in [4.78, 5) is 11.8. The van der Waals surface area contributed by atoms with Gasteiger partial charge in [0.05, 0.1) is 5.41 Å². The van der Waals surface area contributed by atoms with E-state index in [-0.39, 0.29) is 0 Å². The van der Waals surface area contributed by atoms with Crippen molar-refractivity contribution in [3.63, 3.8) is 0 Å². The van der Waals surface area contributed by atoms with Crippen molar-refractivity contribution in [3.05, 3.63) is 34.9 Å². The van der Waals surface area contributed by atoms with Crippen molar-refractivity contribution in [3.8, 4) is 0 Å². The first-order chi connectivity index (χ1) is 8.60. The van der Waals surface area contributed by atoms with Crippen molar-refractivity contribution in [2.45, 2.75) is 32.1 Å². The topological polar surface area (TPSA) is 37.3 Å². The highest BCUT2D eigenvalue weighted by molar-refractivity contribution is 6.30. The highest BCUT2D eigenvalue weighted by Gasteiger charge is 2.55. The van der Waals surface area contributed by atoms with Gasteiger partial charge in [-0.05, 0) is 55.2 Å². The number of carboxylic acids is 1. The van der Waals surface area contributed by atoms with Gasteiger partial charge in [-0.3, -0.25) is 4.79 Å². The second-order valence-corrected chi connectivity index (χ2v) is 6.28. The van der Waals surface area contributed by atoms with Gasteiger partial charge in [-0.1, -0.05) is 30.2 Å². The smallest absolute Gasteiger partial charge is 0.310 e. The molecule has 18 heavy (non-hydrogen) atoms. The third kappa shape index (κ3) is 1.83. The van der Waals surface area contributed by atoms with Crippen LogP contribution in [0, 0.1) is 17.3 Å². The minimum Gasteiger partial charge on any atom is -0.481 e. The van der Waals surface area contributed by atoms with Crippen molar-refractivity contribution >= 4 is 17.6 Å². The zero-order chi connectivity index (χ0) is 12.8. The zero-order valence-electron chi connectivity index (χ0n) is 10.2. The number of hydrogen-bond donors (Lipinski definition) is 1. The van der Waals surface area contributed by atoms with Gasteiger partial charge in [-0.15, -0.1) is 0 Å². The number of rotatable bonds is 3. The second-order valence-electron chi connectivity index (χ2n) is 5.84. The molecule has 1 aromatic rings. The summed E-state index contributed by atoms with van der Waals surface area (Å²) in [6.45, 7) is 0. The second kappa shape index (κ2) is 4.27. The van der Waals surface area contributed by atoms with Gasteiger partial charge in [0.2, 0.25) is 0 Å². The van der Waals surface area contributed by atoms with E-state index in [0.717, 1.165) is 24.8 Å². The molecule has 0 heterocycles. The Labute approximate surface area is 112 Å². The van der Waals surface area contributed by atoms with Crippen LogP contribution in [-0.4, -0.2) is 11.1 Å². The molecule has 0 saturated heterocycles. The van der Waals surface area contributed by atoms with Gasteiger partial charge in [0, 0.05) is 5.02 Å². The molecule has 2 fully saturated rings. The Balaban J connectivity index is 1.88. The van der Waals surface area contributed by atoms with E-state index in [2.05, 4.69) is 0 Å². The van der Waals surface area contributed by atoms with Crippen LogP contribution in [0.1, 0.15) is 31.2 Å². The first-order valence-electron chi connectivity index (χ1n) is 6.58. The molecule has 2 saturated carbocycles. The largest absolute Gasteiger partial charge is 0.481 e. The first kappa shape index (κ1) is 12.0. The average Bonchev–Trinajstić information content (AvgIpc) is 2.93. The standard InChI is InChI=1S/C15H17ClO2/c16-13-5-2-10(3-6-13)8-15(14(17)18)9-11-1-4-12(15)7-11/h2-3,5-6,11-12H,1,4,7-9H2,(H,17,18). The zero-order valence-corrected chi connectivity index (χ0v) is 11.0. The number of halogens is 1. The van der Waals surface area contributed by atoms with E-state index >= 15 is 0 Å². The molecule has 0 aromatic heterocycles. The van der Waals surface area contributed by atoms with Crippen LogP contribution < -0.4 is 0 Å². The molecule has 1 N–H and O–H groups in total. The number of fused-ring (bicyclic) bond motifs is 2. The fourth-order valence-electron chi connectivity index (χ4n) is 3.96. The van der Waals surface area contributed by atoms with Crippen LogP contribution in [0.25, 0.3) is 0 Å². The highest BCUT2D eigenvalue weighted by Crippen LogP contribution is 2.57. The van der Waals surface area contributed by atoms with Gasteiger partial charge in [-0.2, -0.15) is 0 Å². The quantitative estimate of drug-likeness (QED) is 0.902. The van der Waals surface area contributed by atoms with Gasteiger partial charge in [0.1, 0.15) is 0 Å². The first-order valence-corrected chi connectivity index (χ1v) is 6.96.